The van der Waals surface area contributed by atoms with Gasteiger partial charge in [-0.2, -0.15) is 0 Å². The smallest absolute Gasteiger partial charge is 0.259 e. The van der Waals surface area contributed by atoms with E-state index in [-0.39, 0.29) is 30.7 Å². The molecule has 0 unspecified atom stereocenters. The molecule has 0 radical (unpaired) electrons. The summed E-state index contributed by atoms with van der Waals surface area (Å²) in [6.07, 6.45) is 16.3. The van der Waals surface area contributed by atoms with Crippen LogP contribution in [0.5, 0.6) is 0 Å². The highest BCUT2D eigenvalue weighted by Gasteiger charge is 2.62. The Morgan fingerprint density at radius 3 is 2.33 bits per heavy atom. The van der Waals surface area contributed by atoms with E-state index in [1.807, 2.05) is 13.8 Å². The Hall–Kier alpha value is 0.190. The van der Waals surface area contributed by atoms with Gasteiger partial charge in [-0.05, 0) is 138 Å². The Morgan fingerprint density at radius 1 is 0.822 bits per heavy atom. The first-order valence-electron chi connectivity index (χ1n) is 19.2. The maximum atomic E-state index is 7.03. The van der Waals surface area contributed by atoms with Crippen molar-refractivity contribution in [1.29, 1.82) is 0 Å². The van der Waals surface area contributed by atoms with Crippen molar-refractivity contribution in [1.82, 2.24) is 4.67 Å². The van der Waals surface area contributed by atoms with Crippen LogP contribution in [0.1, 0.15) is 139 Å². The Morgan fingerprint density at radius 2 is 1.58 bits per heavy atom. The average Bonchev–Trinajstić information content (AvgIpc) is 3.58. The molecule has 4 saturated carbocycles. The van der Waals surface area contributed by atoms with Crippen LogP contribution >= 0.6 is 8.53 Å². The maximum absolute atomic E-state index is 7.03. The Balaban J connectivity index is 0.987. The minimum Gasteiger partial charge on any atom is -0.342 e. The number of ether oxygens (including phenoxy) is 3. The van der Waals surface area contributed by atoms with Crippen molar-refractivity contribution in [2.24, 2.45) is 52.3 Å². The summed E-state index contributed by atoms with van der Waals surface area (Å²) >= 11 is 0. The number of nitrogens with zero attached hydrogens (tertiary/aromatic N) is 1. The van der Waals surface area contributed by atoms with E-state index >= 15 is 0 Å². The van der Waals surface area contributed by atoms with Crippen molar-refractivity contribution in [3.63, 3.8) is 0 Å². The first-order chi connectivity index (χ1) is 21.3. The molecule has 45 heavy (non-hydrogen) atoms. The monoisotopic (exact) mass is 647 g/mol. The first-order valence-corrected chi connectivity index (χ1v) is 20.3. The molecule has 258 valence electrons. The predicted octanol–water partition coefficient (Wildman–Crippen LogP) is 9.71. The zero-order chi connectivity index (χ0) is 31.9. The standard InChI is InChI=1S/C38H66NO5P/c1-23(2)11-10-12-25(5)29-15-16-30-28-14-13-26-21-27(17-19-37(26,8)31(28)18-20-38(29,30)9)43-45-39(24(3)4)22-32-33(44-45)34-35(40-32)42-36(6,7)41-34/h23-35H,10-22H2,1-9H3/t25-,26+,27+,28+,29-,30+,31+,32-,33+,34-,35-,37+,38-,45-/m1/s1. The molecule has 7 fully saturated rings. The quantitative estimate of drug-likeness (QED) is 0.245. The molecule has 7 aliphatic rings. The van der Waals surface area contributed by atoms with Crippen LogP contribution < -0.4 is 0 Å². The lowest BCUT2D eigenvalue weighted by molar-refractivity contribution is -0.217. The summed E-state index contributed by atoms with van der Waals surface area (Å²) in [5.74, 6) is 5.63. The van der Waals surface area contributed by atoms with Crippen LogP contribution in [0.15, 0.2) is 0 Å². The molecule has 14 atom stereocenters. The normalized spacial score (nSPS) is 49.8. The molecular weight excluding hydrogens is 581 g/mol. The fourth-order valence-electron chi connectivity index (χ4n) is 12.2. The summed E-state index contributed by atoms with van der Waals surface area (Å²) in [4.78, 5) is 0. The van der Waals surface area contributed by atoms with Crippen molar-refractivity contribution in [2.75, 3.05) is 6.54 Å². The minimum absolute atomic E-state index is 0.0269. The number of hydrogen-bond donors (Lipinski definition) is 0. The molecule has 0 bridgehead atoms. The summed E-state index contributed by atoms with van der Waals surface area (Å²) in [6, 6.07) is 0.341. The van der Waals surface area contributed by atoms with Crippen molar-refractivity contribution in [3.8, 4) is 0 Å². The summed E-state index contributed by atoms with van der Waals surface area (Å²) in [5, 5.41) is 0. The zero-order valence-corrected chi connectivity index (χ0v) is 31.0. The van der Waals surface area contributed by atoms with Crippen molar-refractivity contribution < 1.29 is 23.3 Å². The van der Waals surface area contributed by atoms with Gasteiger partial charge in [0.15, 0.2) is 12.1 Å². The summed E-state index contributed by atoms with van der Waals surface area (Å²) in [6.45, 7) is 22.1. The molecule has 0 aromatic carbocycles. The molecule has 0 spiro atoms. The Kier molecular flexibility index (Phi) is 9.36. The summed E-state index contributed by atoms with van der Waals surface area (Å²) in [5.41, 5.74) is 1.05. The second-order valence-corrected chi connectivity index (χ2v) is 19.8. The largest absolute Gasteiger partial charge is 0.342 e. The molecular formula is C38H66NO5P. The van der Waals surface area contributed by atoms with E-state index in [1.165, 1.54) is 77.0 Å². The third-order valence-corrected chi connectivity index (χ3v) is 16.5. The number of rotatable bonds is 8. The number of fused-ring (bicyclic) bond motifs is 8. The van der Waals surface area contributed by atoms with Gasteiger partial charge in [0, 0.05) is 12.6 Å². The Bertz CT molecular complexity index is 1060. The molecule has 0 N–H and O–H groups in total. The minimum atomic E-state index is -1.16. The highest BCUT2D eigenvalue weighted by Crippen LogP contribution is 2.69. The molecule has 3 heterocycles. The van der Waals surface area contributed by atoms with Gasteiger partial charge in [0.1, 0.15) is 18.3 Å². The Labute approximate surface area is 276 Å². The van der Waals surface area contributed by atoms with Gasteiger partial charge in [-0.25, -0.2) is 4.67 Å². The maximum Gasteiger partial charge on any atom is 0.259 e. The van der Waals surface area contributed by atoms with E-state index in [2.05, 4.69) is 53.1 Å². The van der Waals surface area contributed by atoms with Gasteiger partial charge in [-0.15, -0.1) is 0 Å². The topological polar surface area (TPSA) is 49.4 Å². The van der Waals surface area contributed by atoms with E-state index in [1.54, 1.807) is 0 Å². The molecule has 4 aliphatic carbocycles. The van der Waals surface area contributed by atoms with Crippen LogP contribution in [0.4, 0.5) is 0 Å². The van der Waals surface area contributed by atoms with Gasteiger partial charge in [-0.3, -0.25) is 0 Å². The van der Waals surface area contributed by atoms with E-state index in [0.29, 0.717) is 16.9 Å². The molecule has 0 amide bonds. The zero-order valence-electron chi connectivity index (χ0n) is 30.1. The third kappa shape index (κ3) is 6.03. The molecule has 7 rings (SSSR count). The van der Waals surface area contributed by atoms with Crippen LogP contribution in [0.25, 0.3) is 0 Å². The van der Waals surface area contributed by atoms with Gasteiger partial charge in [0.2, 0.25) is 0 Å². The molecule has 3 saturated heterocycles. The van der Waals surface area contributed by atoms with Crippen LogP contribution in [0, 0.1) is 52.3 Å². The molecule has 7 heteroatoms. The van der Waals surface area contributed by atoms with Crippen LogP contribution in [-0.4, -0.2) is 53.8 Å². The SMILES string of the molecule is CC(C)CCC[C@@H](C)[C@H]1CC[C@H]2[C@@H]3CC[C@H]4C[C@@H](O[P@]5O[C@@H]6[C@H]7OC(C)(C)O[C@H]7O[C@@H]6CN5C(C)C)CC[C@]4(C)[C@H]3CC[C@]12C. The highest BCUT2D eigenvalue weighted by molar-refractivity contribution is 7.44. The molecule has 3 aliphatic heterocycles. The average molecular weight is 648 g/mol. The second-order valence-electron chi connectivity index (χ2n) is 18.4. The molecule has 0 aromatic rings. The fraction of sp³-hybridized carbons (Fsp3) is 1.00. The lowest BCUT2D eigenvalue weighted by atomic mass is 9.44. The van der Waals surface area contributed by atoms with E-state index in [9.17, 15) is 0 Å². The van der Waals surface area contributed by atoms with E-state index in [4.69, 9.17) is 23.3 Å². The molecule has 6 nitrogen and oxygen atoms in total. The fourth-order valence-corrected chi connectivity index (χ4v) is 14.1. The summed E-state index contributed by atoms with van der Waals surface area (Å²) < 4.78 is 34.9. The third-order valence-electron chi connectivity index (χ3n) is 14.5. The van der Waals surface area contributed by atoms with Crippen LogP contribution in [0.2, 0.25) is 0 Å². The van der Waals surface area contributed by atoms with Gasteiger partial charge in [0.05, 0.1) is 6.10 Å². The number of hydrogen-bond acceptors (Lipinski definition) is 6. The van der Waals surface area contributed by atoms with Gasteiger partial charge < -0.3 is 23.3 Å². The summed E-state index contributed by atoms with van der Waals surface area (Å²) in [7, 11) is -1.16. The highest BCUT2D eigenvalue weighted by atomic mass is 31.2. The lowest BCUT2D eigenvalue weighted by Gasteiger charge is -2.61. The van der Waals surface area contributed by atoms with Crippen LogP contribution in [-0.2, 0) is 23.3 Å². The predicted molar refractivity (Wildman–Crippen MR) is 180 cm³/mol. The van der Waals surface area contributed by atoms with Crippen molar-refractivity contribution in [2.45, 2.75) is 182 Å². The van der Waals surface area contributed by atoms with Gasteiger partial charge >= 0.3 is 0 Å². The van der Waals surface area contributed by atoms with Crippen molar-refractivity contribution in [3.05, 3.63) is 0 Å². The van der Waals surface area contributed by atoms with Crippen molar-refractivity contribution >= 4 is 8.53 Å². The first kappa shape index (κ1) is 33.7. The van der Waals surface area contributed by atoms with Gasteiger partial charge in [0.25, 0.3) is 8.53 Å². The lowest BCUT2D eigenvalue weighted by Crippen LogP contribution is -2.54. The van der Waals surface area contributed by atoms with E-state index in [0.717, 1.165) is 48.0 Å². The van der Waals surface area contributed by atoms with E-state index < -0.39 is 14.3 Å². The second kappa shape index (κ2) is 12.5. The van der Waals surface area contributed by atoms with Crippen LogP contribution in [0.3, 0.4) is 0 Å². The molecule has 0 aromatic heterocycles. The van der Waals surface area contributed by atoms with Gasteiger partial charge in [-0.1, -0.05) is 53.9 Å².